The third-order valence-electron chi connectivity index (χ3n) is 3.55. The van der Waals surface area contributed by atoms with E-state index in [9.17, 15) is 4.79 Å². The van der Waals surface area contributed by atoms with Crippen molar-refractivity contribution in [2.24, 2.45) is 0 Å². The average molecular weight is 291 g/mol. The molecule has 0 amide bonds. The van der Waals surface area contributed by atoms with E-state index in [0.29, 0.717) is 27.8 Å². The molecule has 4 heteroatoms. The van der Waals surface area contributed by atoms with Gasteiger partial charge < -0.3 is 4.74 Å². The molecule has 0 bridgehead atoms. The van der Waals surface area contributed by atoms with Gasteiger partial charge in [-0.05, 0) is 41.0 Å². The number of benzene rings is 2. The summed E-state index contributed by atoms with van der Waals surface area (Å²) in [6, 6.07) is 9.01. The van der Waals surface area contributed by atoms with Gasteiger partial charge in [-0.2, -0.15) is 0 Å². The summed E-state index contributed by atoms with van der Waals surface area (Å²) in [4.78, 5) is 12.4. The fraction of sp³-hybridized carbons (Fsp3) is 0.133. The maximum absolute atomic E-state index is 12.4. The number of hydrogen-bond donors (Lipinski definition) is 0. The first-order valence-corrected chi connectivity index (χ1v) is 6.70. The number of epoxide rings is 1. The van der Waals surface area contributed by atoms with Crippen LogP contribution in [0.15, 0.2) is 30.3 Å². The molecule has 0 aromatic heterocycles. The van der Waals surface area contributed by atoms with Crippen molar-refractivity contribution in [3.63, 3.8) is 0 Å². The Hall–Kier alpha value is -1.35. The van der Waals surface area contributed by atoms with Crippen LogP contribution in [-0.2, 0) is 4.74 Å². The average Bonchev–Trinajstić information content (AvgIpc) is 3.18. The van der Waals surface area contributed by atoms with Gasteiger partial charge in [-0.3, -0.25) is 4.79 Å². The minimum Gasteiger partial charge on any atom is -0.368 e. The summed E-state index contributed by atoms with van der Waals surface area (Å²) in [7, 11) is 0. The summed E-state index contributed by atoms with van der Waals surface area (Å²) in [5, 5.41) is 1.13. The maximum atomic E-state index is 12.4. The Morgan fingerprint density at radius 3 is 2.47 bits per heavy atom. The largest absolute Gasteiger partial charge is 0.368 e. The molecule has 0 radical (unpaired) electrons. The number of hydrogen-bond acceptors (Lipinski definition) is 2. The lowest BCUT2D eigenvalue weighted by Gasteiger charge is -2.07. The fourth-order valence-electron chi connectivity index (χ4n) is 2.66. The van der Waals surface area contributed by atoms with E-state index in [1.54, 1.807) is 18.2 Å². The Morgan fingerprint density at radius 2 is 1.74 bits per heavy atom. The van der Waals surface area contributed by atoms with Crippen molar-refractivity contribution in [1.82, 2.24) is 0 Å². The first-order chi connectivity index (χ1) is 9.15. The van der Waals surface area contributed by atoms with Crippen LogP contribution in [0.2, 0.25) is 10.0 Å². The minimum atomic E-state index is -0.0168. The molecule has 0 saturated carbocycles. The van der Waals surface area contributed by atoms with Gasteiger partial charge in [-0.15, -0.1) is 0 Å². The van der Waals surface area contributed by atoms with Crippen molar-refractivity contribution in [2.75, 3.05) is 6.61 Å². The standard InChI is InChI=1S/C15H8Cl2O2/c16-7-1-2-9-10(3-7)15(18)12-5-8(17)4-11(14(9)12)13-6-19-13/h1-5,13H,6H2. The topological polar surface area (TPSA) is 29.6 Å². The summed E-state index contributed by atoms with van der Waals surface area (Å²) < 4.78 is 5.35. The second kappa shape index (κ2) is 3.83. The van der Waals surface area contributed by atoms with Gasteiger partial charge >= 0.3 is 0 Å². The van der Waals surface area contributed by atoms with Crippen LogP contribution in [0.4, 0.5) is 0 Å². The lowest BCUT2D eigenvalue weighted by molar-refractivity contribution is 0.104. The van der Waals surface area contributed by atoms with E-state index < -0.39 is 0 Å². The third kappa shape index (κ3) is 1.64. The quantitative estimate of drug-likeness (QED) is 0.626. The predicted octanol–water partition coefficient (Wildman–Crippen LogP) is 4.28. The molecule has 94 valence electrons. The Labute approximate surface area is 119 Å². The van der Waals surface area contributed by atoms with Gasteiger partial charge in [0.05, 0.1) is 6.61 Å². The maximum Gasteiger partial charge on any atom is 0.194 e. The molecule has 1 saturated heterocycles. The molecule has 0 spiro atoms. The highest BCUT2D eigenvalue weighted by Gasteiger charge is 2.35. The van der Waals surface area contributed by atoms with Crippen LogP contribution in [0.25, 0.3) is 11.1 Å². The van der Waals surface area contributed by atoms with Gasteiger partial charge in [0.1, 0.15) is 6.10 Å². The summed E-state index contributed by atoms with van der Waals surface area (Å²) in [5.41, 5.74) is 4.16. The molecule has 4 rings (SSSR count). The molecule has 0 N–H and O–H groups in total. The van der Waals surface area contributed by atoms with Crippen molar-refractivity contribution in [2.45, 2.75) is 6.10 Å². The van der Waals surface area contributed by atoms with Crippen molar-refractivity contribution in [1.29, 1.82) is 0 Å². The zero-order chi connectivity index (χ0) is 13.1. The van der Waals surface area contributed by atoms with E-state index in [2.05, 4.69) is 0 Å². The lowest BCUT2D eigenvalue weighted by Crippen LogP contribution is -1.96. The van der Waals surface area contributed by atoms with E-state index in [1.165, 1.54) is 0 Å². The predicted molar refractivity (Wildman–Crippen MR) is 74.0 cm³/mol. The van der Waals surface area contributed by atoms with Crippen molar-refractivity contribution >= 4 is 29.0 Å². The zero-order valence-corrected chi connectivity index (χ0v) is 11.3. The van der Waals surface area contributed by atoms with Crippen molar-refractivity contribution < 1.29 is 9.53 Å². The van der Waals surface area contributed by atoms with E-state index in [-0.39, 0.29) is 11.9 Å². The molecular weight excluding hydrogens is 283 g/mol. The molecule has 1 heterocycles. The second-order valence-corrected chi connectivity index (χ2v) is 5.63. The fourth-order valence-corrected chi connectivity index (χ4v) is 3.06. The summed E-state index contributed by atoms with van der Waals surface area (Å²) in [5.74, 6) is -0.0168. The van der Waals surface area contributed by atoms with E-state index >= 15 is 0 Å². The van der Waals surface area contributed by atoms with Crippen molar-refractivity contribution in [3.05, 3.63) is 57.1 Å². The van der Waals surface area contributed by atoms with Crippen molar-refractivity contribution in [3.8, 4) is 11.1 Å². The number of ether oxygens (including phenoxy) is 1. The molecule has 2 aromatic rings. The highest BCUT2D eigenvalue weighted by Crippen LogP contribution is 2.46. The zero-order valence-electron chi connectivity index (χ0n) is 9.74. The smallest absolute Gasteiger partial charge is 0.194 e. The number of halogens is 2. The van der Waals surface area contributed by atoms with Crippen LogP contribution in [0.3, 0.4) is 0 Å². The van der Waals surface area contributed by atoms with Gasteiger partial charge in [0.2, 0.25) is 0 Å². The second-order valence-electron chi connectivity index (χ2n) is 4.76. The van der Waals surface area contributed by atoms with Gasteiger partial charge in [-0.25, -0.2) is 0 Å². The minimum absolute atomic E-state index is 0.0168. The number of ketones is 1. The molecule has 2 aliphatic rings. The van der Waals surface area contributed by atoms with Crippen LogP contribution in [-0.4, -0.2) is 12.4 Å². The number of carbonyl (C=O) groups excluding carboxylic acids is 1. The van der Waals surface area contributed by atoms with Gasteiger partial charge in [0.25, 0.3) is 0 Å². The molecule has 1 unspecified atom stereocenters. The van der Waals surface area contributed by atoms with Crippen LogP contribution in [0.1, 0.15) is 27.6 Å². The summed E-state index contributed by atoms with van der Waals surface area (Å²) in [6.45, 7) is 0.684. The van der Waals surface area contributed by atoms with Crippen LogP contribution >= 0.6 is 23.2 Å². The van der Waals surface area contributed by atoms with Gasteiger partial charge in [0.15, 0.2) is 5.78 Å². The molecule has 1 aliphatic heterocycles. The molecule has 2 nitrogen and oxygen atoms in total. The SMILES string of the molecule is O=C1c2cc(Cl)ccc2-c2c1cc(Cl)cc2C1CO1. The molecule has 19 heavy (non-hydrogen) atoms. The van der Waals surface area contributed by atoms with Gasteiger partial charge in [-0.1, -0.05) is 29.3 Å². The van der Waals surface area contributed by atoms with E-state index in [1.807, 2.05) is 12.1 Å². The first kappa shape index (κ1) is 11.5. The van der Waals surface area contributed by atoms with E-state index in [0.717, 1.165) is 16.7 Å². The Balaban J connectivity index is 2.06. The van der Waals surface area contributed by atoms with Gasteiger partial charge in [0, 0.05) is 21.2 Å². The summed E-state index contributed by atoms with van der Waals surface area (Å²) >= 11 is 12.1. The van der Waals surface area contributed by atoms with E-state index in [4.69, 9.17) is 27.9 Å². The van der Waals surface area contributed by atoms with Crippen LogP contribution in [0, 0.1) is 0 Å². The molecule has 1 atom stereocenters. The third-order valence-corrected chi connectivity index (χ3v) is 4.01. The Kier molecular flexibility index (Phi) is 2.31. The monoisotopic (exact) mass is 290 g/mol. The highest BCUT2D eigenvalue weighted by molar-refractivity contribution is 6.34. The number of carbonyl (C=O) groups is 1. The van der Waals surface area contributed by atoms with Crippen LogP contribution in [0.5, 0.6) is 0 Å². The Bertz CT molecular complexity index is 733. The molecule has 1 fully saturated rings. The van der Waals surface area contributed by atoms with Crippen LogP contribution < -0.4 is 0 Å². The lowest BCUT2D eigenvalue weighted by atomic mass is 9.97. The first-order valence-electron chi connectivity index (χ1n) is 5.95. The normalized spacial score (nSPS) is 19.3. The number of rotatable bonds is 1. The Morgan fingerprint density at radius 1 is 1.00 bits per heavy atom. The number of fused-ring (bicyclic) bond motifs is 3. The molecule has 2 aromatic carbocycles. The molecular formula is C15H8Cl2O2. The molecule has 1 aliphatic carbocycles. The highest BCUT2D eigenvalue weighted by atomic mass is 35.5. The summed E-state index contributed by atoms with van der Waals surface area (Å²) in [6.07, 6.45) is 0.0573.